The topological polar surface area (TPSA) is 85.2 Å². The maximum absolute atomic E-state index is 13.7. The first kappa shape index (κ1) is 17.2. The highest BCUT2D eigenvalue weighted by Gasteiger charge is 2.43. The normalized spacial score (nSPS) is 24.4. The van der Waals surface area contributed by atoms with E-state index in [-0.39, 0.29) is 29.5 Å². The summed E-state index contributed by atoms with van der Waals surface area (Å²) < 4.78 is 25.8. The van der Waals surface area contributed by atoms with Crippen LogP contribution in [0.3, 0.4) is 0 Å². The van der Waals surface area contributed by atoms with Crippen molar-refractivity contribution in [2.75, 3.05) is 11.5 Å². The van der Waals surface area contributed by atoms with Gasteiger partial charge in [-0.05, 0) is 45.1 Å². The Labute approximate surface area is 158 Å². The van der Waals surface area contributed by atoms with Crippen molar-refractivity contribution in [1.29, 1.82) is 0 Å². The predicted molar refractivity (Wildman–Crippen MR) is 101 cm³/mol. The Kier molecular flexibility index (Phi) is 3.67. The number of amides is 1. The summed E-state index contributed by atoms with van der Waals surface area (Å²) in [5.41, 5.74) is 3.14. The van der Waals surface area contributed by atoms with E-state index in [0.29, 0.717) is 17.9 Å². The molecule has 1 unspecified atom stereocenters. The molecule has 27 heavy (non-hydrogen) atoms. The van der Waals surface area contributed by atoms with E-state index in [1.807, 2.05) is 24.9 Å². The molecule has 2 aromatic rings. The summed E-state index contributed by atoms with van der Waals surface area (Å²) in [6.07, 6.45) is 4.67. The number of sulfone groups is 1. The number of hydrogen-bond donors (Lipinski definition) is 0. The van der Waals surface area contributed by atoms with E-state index < -0.39 is 9.84 Å². The molecule has 0 N–H and O–H groups in total. The monoisotopic (exact) mass is 388 g/mol. The summed E-state index contributed by atoms with van der Waals surface area (Å²) in [4.78, 5) is 20.3. The minimum absolute atomic E-state index is 0.0509. The number of nitrogens with zero attached hydrogens (tertiary/aromatic N) is 4. The molecule has 5 rings (SSSR count). The zero-order valence-corrected chi connectivity index (χ0v) is 16.5. The van der Waals surface area contributed by atoms with Crippen LogP contribution in [0.25, 0.3) is 11.0 Å². The summed E-state index contributed by atoms with van der Waals surface area (Å²) >= 11 is 0. The Morgan fingerprint density at radius 3 is 2.52 bits per heavy atom. The van der Waals surface area contributed by atoms with Crippen LogP contribution in [-0.4, -0.2) is 57.6 Å². The van der Waals surface area contributed by atoms with Gasteiger partial charge in [0.25, 0.3) is 5.91 Å². The molecule has 7 nitrogen and oxygen atoms in total. The fraction of sp³-hybridized carbons (Fsp3) is 0.632. The van der Waals surface area contributed by atoms with Gasteiger partial charge in [-0.2, -0.15) is 5.10 Å². The molecule has 3 heterocycles. The predicted octanol–water partition coefficient (Wildman–Crippen LogP) is 1.95. The molecular formula is C19H24N4O3S. The van der Waals surface area contributed by atoms with Crippen molar-refractivity contribution in [2.24, 2.45) is 7.05 Å². The molecule has 0 aromatic carbocycles. The lowest BCUT2D eigenvalue weighted by atomic mass is 10.0. The van der Waals surface area contributed by atoms with Crippen LogP contribution in [0.5, 0.6) is 0 Å². The average molecular weight is 388 g/mol. The number of pyridine rings is 1. The molecule has 3 fully saturated rings. The van der Waals surface area contributed by atoms with Gasteiger partial charge in [-0.15, -0.1) is 0 Å². The van der Waals surface area contributed by atoms with E-state index >= 15 is 0 Å². The third-order valence-electron chi connectivity index (χ3n) is 5.99. The van der Waals surface area contributed by atoms with Gasteiger partial charge in [-0.25, -0.2) is 13.4 Å². The number of fused-ring (bicyclic) bond motifs is 1. The minimum atomic E-state index is -3.04. The van der Waals surface area contributed by atoms with Crippen molar-refractivity contribution < 1.29 is 13.2 Å². The number of rotatable bonds is 4. The number of aryl methyl sites for hydroxylation is 2. The van der Waals surface area contributed by atoms with E-state index in [4.69, 9.17) is 4.98 Å². The lowest BCUT2D eigenvalue weighted by molar-refractivity contribution is 0.0682. The van der Waals surface area contributed by atoms with Crippen LogP contribution in [0, 0.1) is 6.92 Å². The zero-order chi connectivity index (χ0) is 18.9. The molecule has 1 amide bonds. The molecule has 1 atom stereocenters. The molecule has 1 aliphatic heterocycles. The molecule has 0 bridgehead atoms. The van der Waals surface area contributed by atoms with Crippen LogP contribution in [0.4, 0.5) is 0 Å². The van der Waals surface area contributed by atoms with Crippen LogP contribution < -0.4 is 0 Å². The third-order valence-corrected chi connectivity index (χ3v) is 7.74. The van der Waals surface area contributed by atoms with Gasteiger partial charge < -0.3 is 4.90 Å². The lowest BCUT2D eigenvalue weighted by Crippen LogP contribution is -2.43. The highest BCUT2D eigenvalue weighted by atomic mass is 32.2. The van der Waals surface area contributed by atoms with Gasteiger partial charge in [0.1, 0.15) is 0 Å². The van der Waals surface area contributed by atoms with Gasteiger partial charge in [0.2, 0.25) is 0 Å². The van der Waals surface area contributed by atoms with Gasteiger partial charge in [-0.1, -0.05) is 0 Å². The second kappa shape index (κ2) is 5.77. The first-order valence-corrected chi connectivity index (χ1v) is 11.5. The molecular weight excluding hydrogens is 364 g/mol. The second-order valence-corrected chi connectivity index (χ2v) is 10.5. The van der Waals surface area contributed by atoms with Gasteiger partial charge in [0.15, 0.2) is 15.5 Å². The van der Waals surface area contributed by atoms with Crippen molar-refractivity contribution >= 4 is 26.8 Å². The molecule has 2 aliphatic carbocycles. The molecule has 1 saturated heterocycles. The Morgan fingerprint density at radius 2 is 1.93 bits per heavy atom. The highest BCUT2D eigenvalue weighted by Crippen LogP contribution is 2.41. The van der Waals surface area contributed by atoms with Crippen LogP contribution >= 0.6 is 0 Å². The van der Waals surface area contributed by atoms with Crippen LogP contribution in [0.2, 0.25) is 0 Å². The number of aromatic nitrogens is 3. The Bertz CT molecular complexity index is 1050. The van der Waals surface area contributed by atoms with Gasteiger partial charge in [-0.3, -0.25) is 9.48 Å². The quantitative estimate of drug-likeness (QED) is 0.799. The fourth-order valence-electron chi connectivity index (χ4n) is 4.34. The SMILES string of the molecule is Cc1nn(C)c2nc(C3CC3)cc(C(=O)N(C3CC3)C3CCS(=O)(=O)C3)c12. The lowest BCUT2D eigenvalue weighted by Gasteiger charge is -2.29. The van der Waals surface area contributed by atoms with E-state index in [1.54, 1.807) is 4.68 Å². The largest absolute Gasteiger partial charge is 0.332 e. The van der Waals surface area contributed by atoms with Crippen LogP contribution in [0.1, 0.15) is 59.8 Å². The van der Waals surface area contributed by atoms with Crippen molar-refractivity contribution in [2.45, 2.75) is 57.0 Å². The number of carbonyl (C=O) groups is 1. The summed E-state index contributed by atoms with van der Waals surface area (Å²) in [5, 5.41) is 5.29. The van der Waals surface area contributed by atoms with E-state index in [2.05, 4.69) is 5.10 Å². The molecule has 8 heteroatoms. The van der Waals surface area contributed by atoms with Crippen molar-refractivity contribution in [3.05, 3.63) is 23.0 Å². The first-order valence-electron chi connectivity index (χ1n) is 9.71. The Morgan fingerprint density at radius 1 is 1.19 bits per heavy atom. The summed E-state index contributed by atoms with van der Waals surface area (Å²) in [7, 11) is -1.19. The average Bonchev–Trinajstić information content (AvgIpc) is 3.52. The summed E-state index contributed by atoms with van der Waals surface area (Å²) in [5.74, 6) is 0.645. The maximum Gasteiger partial charge on any atom is 0.255 e. The Balaban J connectivity index is 1.62. The molecule has 2 saturated carbocycles. The molecule has 144 valence electrons. The zero-order valence-electron chi connectivity index (χ0n) is 15.7. The fourth-order valence-corrected chi connectivity index (χ4v) is 6.05. The van der Waals surface area contributed by atoms with Crippen molar-refractivity contribution in [3.63, 3.8) is 0 Å². The van der Waals surface area contributed by atoms with Crippen LogP contribution in [0.15, 0.2) is 6.07 Å². The standard InChI is InChI=1S/C19H24N4O3S/c1-11-17-15(9-16(12-3-4-12)20-18(17)22(2)21-11)19(24)23(13-5-6-13)14-7-8-27(25,26)10-14/h9,12-14H,3-8,10H2,1-2H3. The second-order valence-electron chi connectivity index (χ2n) is 8.28. The minimum Gasteiger partial charge on any atom is -0.332 e. The van der Waals surface area contributed by atoms with E-state index in [0.717, 1.165) is 48.1 Å². The third kappa shape index (κ3) is 2.94. The molecule has 2 aromatic heterocycles. The van der Waals surface area contributed by atoms with Gasteiger partial charge >= 0.3 is 0 Å². The molecule has 0 spiro atoms. The highest BCUT2D eigenvalue weighted by molar-refractivity contribution is 7.91. The first-order chi connectivity index (χ1) is 12.8. The van der Waals surface area contributed by atoms with E-state index in [1.165, 1.54) is 0 Å². The van der Waals surface area contributed by atoms with Gasteiger partial charge in [0.05, 0.1) is 28.1 Å². The van der Waals surface area contributed by atoms with Crippen LogP contribution in [-0.2, 0) is 16.9 Å². The van der Waals surface area contributed by atoms with Gasteiger partial charge in [0, 0.05) is 30.7 Å². The number of carbonyl (C=O) groups excluding carboxylic acids is 1. The smallest absolute Gasteiger partial charge is 0.255 e. The van der Waals surface area contributed by atoms with Crippen molar-refractivity contribution in [1.82, 2.24) is 19.7 Å². The molecule has 0 radical (unpaired) electrons. The maximum atomic E-state index is 13.7. The van der Waals surface area contributed by atoms with Crippen molar-refractivity contribution in [3.8, 4) is 0 Å². The summed E-state index contributed by atoms with van der Waals surface area (Å²) in [6.45, 7) is 1.90. The number of hydrogen-bond acceptors (Lipinski definition) is 5. The van der Waals surface area contributed by atoms with E-state index in [9.17, 15) is 13.2 Å². The summed E-state index contributed by atoms with van der Waals surface area (Å²) in [6, 6.07) is 1.90. The molecule has 3 aliphatic rings. The Hall–Kier alpha value is -1.96.